The van der Waals surface area contributed by atoms with Crippen molar-refractivity contribution in [1.29, 1.82) is 0 Å². The molecule has 0 aliphatic carbocycles. The second kappa shape index (κ2) is 18.2. The van der Waals surface area contributed by atoms with Crippen molar-refractivity contribution in [2.24, 2.45) is 0 Å². The summed E-state index contributed by atoms with van der Waals surface area (Å²) in [5.41, 5.74) is 2.10. The Morgan fingerprint density at radius 3 is 1.40 bits per heavy atom. The molecular formula is C44H40O6S3. The van der Waals surface area contributed by atoms with Gasteiger partial charge in [-0.1, -0.05) is 86.8 Å². The molecule has 0 aliphatic rings. The van der Waals surface area contributed by atoms with E-state index in [2.05, 4.69) is 64.1 Å². The van der Waals surface area contributed by atoms with Gasteiger partial charge in [0.25, 0.3) is 6.47 Å². The van der Waals surface area contributed by atoms with E-state index in [9.17, 15) is 14.4 Å². The summed E-state index contributed by atoms with van der Waals surface area (Å²) in [6.07, 6.45) is 4.39. The van der Waals surface area contributed by atoms with Crippen LogP contribution >= 0.6 is 35.3 Å². The summed E-state index contributed by atoms with van der Waals surface area (Å²) in [7, 11) is 0. The number of thioether (sulfide) groups is 2. The van der Waals surface area contributed by atoms with Crippen molar-refractivity contribution in [2.75, 3.05) is 0 Å². The Morgan fingerprint density at radius 2 is 0.962 bits per heavy atom. The third-order valence-electron chi connectivity index (χ3n) is 7.93. The summed E-state index contributed by atoms with van der Waals surface area (Å²) < 4.78 is 16.2. The normalized spacial score (nSPS) is 12.7. The molecule has 0 heterocycles. The maximum Gasteiger partial charge on any atom is 0.336 e. The van der Waals surface area contributed by atoms with Crippen LogP contribution in [0.2, 0.25) is 0 Å². The van der Waals surface area contributed by atoms with Crippen LogP contribution in [0.25, 0.3) is 0 Å². The second-order valence-electron chi connectivity index (χ2n) is 12.9. The quantitative estimate of drug-likeness (QED) is 0.0274. The van der Waals surface area contributed by atoms with Gasteiger partial charge in [0, 0.05) is 41.9 Å². The molecule has 5 rings (SSSR count). The van der Waals surface area contributed by atoms with Crippen molar-refractivity contribution in [3.8, 4) is 17.2 Å². The van der Waals surface area contributed by atoms with Crippen LogP contribution in [0.15, 0.2) is 165 Å². The molecule has 0 aromatic heterocycles. The van der Waals surface area contributed by atoms with Gasteiger partial charge in [-0.25, -0.2) is 9.59 Å². The van der Waals surface area contributed by atoms with E-state index in [1.165, 1.54) is 33.7 Å². The Balaban J connectivity index is 1.22. The number of benzene rings is 5. The van der Waals surface area contributed by atoms with Crippen LogP contribution in [0.4, 0.5) is 0 Å². The molecule has 270 valence electrons. The van der Waals surface area contributed by atoms with Crippen LogP contribution in [0, 0.1) is 0 Å². The molecule has 0 aliphatic heterocycles. The first kappa shape index (κ1) is 39.3. The molecule has 53 heavy (non-hydrogen) atoms. The maximum absolute atomic E-state index is 12.7. The predicted octanol–water partition coefficient (Wildman–Crippen LogP) is 11.3. The first-order chi connectivity index (χ1) is 25.4. The Morgan fingerprint density at radius 1 is 0.547 bits per heavy atom. The van der Waals surface area contributed by atoms with Gasteiger partial charge in [-0.15, -0.1) is 11.8 Å². The first-order valence-electron chi connectivity index (χ1n) is 16.8. The number of carbonyl (C=O) groups excluding carboxylic acids is 3. The summed E-state index contributed by atoms with van der Waals surface area (Å²) in [5.74, 6) is 0.315. The van der Waals surface area contributed by atoms with Crippen molar-refractivity contribution in [3.05, 3.63) is 162 Å². The molecule has 0 amide bonds. The highest BCUT2D eigenvalue weighted by Gasteiger charge is 2.31. The van der Waals surface area contributed by atoms with Crippen LogP contribution < -0.4 is 14.2 Å². The number of allylic oxidation sites excluding steroid dienone is 1. The lowest BCUT2D eigenvalue weighted by Crippen LogP contribution is -2.25. The topological polar surface area (TPSA) is 78.9 Å². The van der Waals surface area contributed by atoms with Gasteiger partial charge >= 0.3 is 11.9 Å². The zero-order valence-electron chi connectivity index (χ0n) is 30.1. The molecule has 9 heteroatoms. The molecule has 0 saturated carbocycles. The number of hydrogen-bond acceptors (Lipinski definition) is 9. The summed E-state index contributed by atoms with van der Waals surface area (Å²) in [6.45, 7) is 10.8. The van der Waals surface area contributed by atoms with Crippen LogP contribution in [0.3, 0.4) is 0 Å². The van der Waals surface area contributed by atoms with Crippen molar-refractivity contribution in [3.63, 3.8) is 0 Å². The second-order valence-corrected chi connectivity index (χ2v) is 17.0. The van der Waals surface area contributed by atoms with Crippen LogP contribution in [0.5, 0.6) is 17.2 Å². The van der Waals surface area contributed by atoms with Crippen LogP contribution in [-0.2, 0) is 19.8 Å². The van der Waals surface area contributed by atoms with Gasteiger partial charge in [-0.2, -0.15) is 0 Å². The lowest BCUT2D eigenvalue weighted by atomic mass is 9.71. The van der Waals surface area contributed by atoms with Crippen molar-refractivity contribution in [1.82, 2.24) is 0 Å². The van der Waals surface area contributed by atoms with E-state index in [1.807, 2.05) is 60.3 Å². The Hall–Kier alpha value is -4.96. The van der Waals surface area contributed by atoms with Gasteiger partial charge in [0.1, 0.15) is 17.2 Å². The summed E-state index contributed by atoms with van der Waals surface area (Å²) in [5, 5.41) is 1.72. The standard InChI is InChI=1S/C44H40O6S3/c1-6-7-41(46)49-35-16-10-32(11-17-35)44(5,31-8-14-34(15-9-31)48-30-45)33-12-18-36(19-13-33)50-42(47)28-29-51-37-20-22-38(23-21-37)52-39-24-26-40(27-25-39)53-43(2,3)4/h6-30H,1-5H3/b7-6+,29-28+. The van der Waals surface area contributed by atoms with Crippen LogP contribution in [0.1, 0.15) is 51.3 Å². The monoisotopic (exact) mass is 760 g/mol. The van der Waals surface area contributed by atoms with E-state index in [0.717, 1.165) is 26.5 Å². The average Bonchev–Trinajstić information content (AvgIpc) is 3.13. The molecule has 5 aromatic rings. The molecule has 0 saturated heterocycles. The number of esters is 2. The fourth-order valence-electron chi connectivity index (χ4n) is 5.39. The molecular weight excluding hydrogens is 721 g/mol. The SMILES string of the molecule is C/C=C/C(=O)Oc1ccc(C(C)(c2ccc(OC=O)cc2)c2ccc(OC(=O)/C=C/Sc3ccc(Sc4ccc(SC(C)(C)C)cc4)cc3)cc2)cc1. The molecule has 5 aromatic carbocycles. The number of ether oxygens (including phenoxy) is 3. The van der Waals surface area contributed by atoms with Crippen molar-refractivity contribution in [2.45, 2.75) is 64.4 Å². The minimum absolute atomic E-state index is 0.177. The Labute approximate surface area is 324 Å². The van der Waals surface area contributed by atoms with E-state index in [1.54, 1.807) is 66.6 Å². The highest BCUT2D eigenvalue weighted by molar-refractivity contribution is 8.02. The lowest BCUT2D eigenvalue weighted by molar-refractivity contribution is -0.129. The number of hydrogen-bond donors (Lipinski definition) is 0. The van der Waals surface area contributed by atoms with Gasteiger partial charge in [0.2, 0.25) is 0 Å². The highest BCUT2D eigenvalue weighted by atomic mass is 32.2. The average molecular weight is 761 g/mol. The summed E-state index contributed by atoms with van der Waals surface area (Å²) >= 11 is 5.01. The predicted molar refractivity (Wildman–Crippen MR) is 215 cm³/mol. The van der Waals surface area contributed by atoms with Gasteiger partial charge in [-0.3, -0.25) is 4.79 Å². The van der Waals surface area contributed by atoms with E-state index in [-0.39, 0.29) is 4.75 Å². The van der Waals surface area contributed by atoms with Crippen molar-refractivity contribution >= 4 is 53.7 Å². The fraction of sp³-hybridized carbons (Fsp3) is 0.159. The zero-order valence-corrected chi connectivity index (χ0v) is 32.6. The molecule has 6 nitrogen and oxygen atoms in total. The third kappa shape index (κ3) is 11.3. The Bertz CT molecular complexity index is 2050. The zero-order chi connectivity index (χ0) is 37.8. The van der Waals surface area contributed by atoms with E-state index in [0.29, 0.717) is 23.7 Å². The first-order valence-corrected chi connectivity index (χ1v) is 19.3. The number of rotatable bonds is 14. The lowest BCUT2D eigenvalue weighted by Gasteiger charge is -2.32. The largest absolute Gasteiger partial charge is 0.429 e. The minimum Gasteiger partial charge on any atom is -0.429 e. The molecule has 0 spiro atoms. The van der Waals surface area contributed by atoms with E-state index < -0.39 is 17.4 Å². The van der Waals surface area contributed by atoms with E-state index in [4.69, 9.17) is 14.2 Å². The summed E-state index contributed by atoms with van der Waals surface area (Å²) in [4.78, 5) is 40.1. The smallest absolute Gasteiger partial charge is 0.336 e. The molecule has 0 bridgehead atoms. The molecule has 0 radical (unpaired) electrons. The van der Waals surface area contributed by atoms with Crippen molar-refractivity contribution < 1.29 is 28.6 Å². The van der Waals surface area contributed by atoms with Gasteiger partial charge in [-0.05, 0) is 121 Å². The minimum atomic E-state index is -0.672. The molecule has 0 N–H and O–H groups in total. The highest BCUT2D eigenvalue weighted by Crippen LogP contribution is 2.41. The third-order valence-corrected chi connectivity index (χ3v) is 10.9. The number of carbonyl (C=O) groups is 3. The fourth-order valence-corrected chi connectivity index (χ4v) is 7.82. The molecule has 1 atom stereocenters. The van der Waals surface area contributed by atoms with Gasteiger partial charge in [0.05, 0.1) is 0 Å². The Kier molecular flexibility index (Phi) is 13.5. The maximum atomic E-state index is 12.7. The van der Waals surface area contributed by atoms with Gasteiger partial charge < -0.3 is 14.2 Å². The summed E-state index contributed by atoms with van der Waals surface area (Å²) in [6, 6.07) is 38.8. The van der Waals surface area contributed by atoms with E-state index >= 15 is 0 Å². The molecule has 0 fully saturated rings. The van der Waals surface area contributed by atoms with Gasteiger partial charge in [0.15, 0.2) is 0 Å². The van der Waals surface area contributed by atoms with Crippen LogP contribution in [-0.4, -0.2) is 23.2 Å². The molecule has 1 unspecified atom stereocenters.